The quantitative estimate of drug-likeness (QED) is 0.534. The molecule has 0 aliphatic rings. The Kier molecular flexibility index (Phi) is 7.70. The van der Waals surface area contributed by atoms with Crippen LogP contribution in [0.1, 0.15) is 33.7 Å². The molecule has 3 aromatic rings. The zero-order valence-electron chi connectivity index (χ0n) is 16.0. The number of ether oxygens (including phenoxy) is 1. The number of halogens is 4. The predicted octanol–water partition coefficient (Wildman–Crippen LogP) is 5.60. The van der Waals surface area contributed by atoms with Crippen LogP contribution in [0, 0.1) is 13.8 Å². The highest BCUT2D eigenvalue weighted by Crippen LogP contribution is 2.29. The minimum absolute atomic E-state index is 0. The fraction of sp³-hybridized carbons (Fsp3) is 0.286. The summed E-state index contributed by atoms with van der Waals surface area (Å²) in [6.45, 7) is 5.00. The molecule has 0 spiro atoms. The van der Waals surface area contributed by atoms with Crippen LogP contribution in [-0.2, 0) is 25.9 Å². The molecule has 0 bridgehead atoms. The molecule has 2 aromatic carbocycles. The number of nitrogens with zero attached hydrogens (tertiary/aromatic N) is 1. The second-order valence-corrected chi connectivity index (χ2v) is 6.54. The number of nitrogens with one attached hydrogen (secondary N) is 1. The maximum Gasteiger partial charge on any atom is 0.416 e. The monoisotopic (exact) mass is 426 g/mol. The summed E-state index contributed by atoms with van der Waals surface area (Å²) < 4.78 is 49.1. The summed E-state index contributed by atoms with van der Waals surface area (Å²) >= 11 is 0. The van der Waals surface area contributed by atoms with Gasteiger partial charge in [0.25, 0.3) is 0 Å². The number of alkyl halides is 3. The van der Waals surface area contributed by atoms with Crippen LogP contribution in [0.4, 0.5) is 13.2 Å². The topological polar surface area (TPSA) is 47.3 Å². The van der Waals surface area contributed by atoms with E-state index >= 15 is 0 Å². The molecule has 29 heavy (non-hydrogen) atoms. The van der Waals surface area contributed by atoms with Crippen molar-refractivity contribution in [1.82, 2.24) is 10.5 Å². The van der Waals surface area contributed by atoms with Gasteiger partial charge in [-0.1, -0.05) is 35.5 Å². The van der Waals surface area contributed by atoms with Crippen LogP contribution in [0.15, 0.2) is 53.1 Å². The first-order valence-electron chi connectivity index (χ1n) is 8.83. The second kappa shape index (κ2) is 9.80. The Morgan fingerprint density at radius 3 is 2.31 bits per heavy atom. The Morgan fingerprint density at radius 2 is 1.69 bits per heavy atom. The van der Waals surface area contributed by atoms with E-state index in [1.807, 2.05) is 38.1 Å². The minimum atomic E-state index is -4.32. The Hall–Kier alpha value is -2.51. The van der Waals surface area contributed by atoms with E-state index in [2.05, 4.69) is 10.5 Å². The largest absolute Gasteiger partial charge is 0.489 e. The average molecular weight is 427 g/mol. The normalized spacial score (nSPS) is 11.2. The number of aryl methyl sites for hydroxylation is 2. The van der Waals surface area contributed by atoms with Crippen LogP contribution >= 0.6 is 12.4 Å². The van der Waals surface area contributed by atoms with Crippen molar-refractivity contribution in [3.05, 3.63) is 82.2 Å². The van der Waals surface area contributed by atoms with Gasteiger partial charge in [-0.2, -0.15) is 13.2 Å². The molecule has 3 rings (SSSR count). The van der Waals surface area contributed by atoms with Crippen molar-refractivity contribution in [2.24, 2.45) is 0 Å². The van der Waals surface area contributed by atoms with Crippen molar-refractivity contribution >= 4 is 12.4 Å². The van der Waals surface area contributed by atoms with Crippen molar-refractivity contribution in [3.8, 4) is 5.75 Å². The SMILES string of the molecule is Cc1noc(C)c1COc1ccc(CNCc2cccc(C(F)(F)F)c2)cc1.Cl. The molecule has 0 unspecified atom stereocenters. The molecule has 1 N–H and O–H groups in total. The Balaban J connectivity index is 0.00000300. The van der Waals surface area contributed by atoms with Crippen LogP contribution in [-0.4, -0.2) is 5.16 Å². The van der Waals surface area contributed by atoms with Gasteiger partial charge in [0.2, 0.25) is 0 Å². The van der Waals surface area contributed by atoms with Crippen molar-refractivity contribution < 1.29 is 22.4 Å². The lowest BCUT2D eigenvalue weighted by atomic mass is 10.1. The fourth-order valence-electron chi connectivity index (χ4n) is 2.78. The second-order valence-electron chi connectivity index (χ2n) is 6.54. The molecular formula is C21H22ClF3N2O2. The first kappa shape index (κ1) is 22.8. The van der Waals surface area contributed by atoms with Gasteiger partial charge in [-0.3, -0.25) is 0 Å². The lowest BCUT2D eigenvalue weighted by Gasteiger charge is -2.10. The van der Waals surface area contributed by atoms with Gasteiger partial charge in [0.15, 0.2) is 0 Å². The number of benzene rings is 2. The van der Waals surface area contributed by atoms with E-state index in [9.17, 15) is 13.2 Å². The van der Waals surface area contributed by atoms with Gasteiger partial charge in [-0.25, -0.2) is 0 Å². The van der Waals surface area contributed by atoms with Crippen LogP contribution in [0.3, 0.4) is 0 Å². The summed E-state index contributed by atoms with van der Waals surface area (Å²) in [5, 5.41) is 7.05. The molecule has 156 valence electrons. The summed E-state index contributed by atoms with van der Waals surface area (Å²) in [6, 6.07) is 12.9. The molecule has 0 amide bonds. The van der Waals surface area contributed by atoms with E-state index in [1.54, 1.807) is 6.07 Å². The molecule has 0 fully saturated rings. The zero-order chi connectivity index (χ0) is 20.1. The minimum Gasteiger partial charge on any atom is -0.489 e. The van der Waals surface area contributed by atoms with Gasteiger partial charge in [-0.05, 0) is 43.2 Å². The Labute approximate surface area is 173 Å². The number of hydrogen-bond acceptors (Lipinski definition) is 4. The lowest BCUT2D eigenvalue weighted by Crippen LogP contribution is -2.13. The third-order valence-corrected chi connectivity index (χ3v) is 4.40. The van der Waals surface area contributed by atoms with E-state index in [0.29, 0.717) is 25.3 Å². The van der Waals surface area contributed by atoms with Crippen molar-refractivity contribution in [2.45, 2.75) is 39.7 Å². The van der Waals surface area contributed by atoms with Crippen molar-refractivity contribution in [3.63, 3.8) is 0 Å². The first-order valence-corrected chi connectivity index (χ1v) is 8.83. The highest BCUT2D eigenvalue weighted by Gasteiger charge is 2.30. The highest BCUT2D eigenvalue weighted by atomic mass is 35.5. The molecule has 1 heterocycles. The third-order valence-electron chi connectivity index (χ3n) is 4.40. The Morgan fingerprint density at radius 1 is 1.00 bits per heavy atom. The van der Waals surface area contributed by atoms with Gasteiger partial charge < -0.3 is 14.6 Å². The number of aromatic nitrogens is 1. The Bertz CT molecular complexity index is 905. The summed E-state index contributed by atoms with van der Waals surface area (Å²) in [7, 11) is 0. The maximum absolute atomic E-state index is 12.7. The third kappa shape index (κ3) is 6.24. The molecule has 0 saturated carbocycles. The molecule has 0 saturated heterocycles. The molecule has 0 aliphatic heterocycles. The summed E-state index contributed by atoms with van der Waals surface area (Å²) in [6.07, 6.45) is -4.32. The first-order chi connectivity index (χ1) is 13.3. The predicted molar refractivity (Wildman–Crippen MR) is 106 cm³/mol. The summed E-state index contributed by atoms with van der Waals surface area (Å²) in [5.74, 6) is 1.47. The number of rotatable bonds is 7. The molecule has 0 radical (unpaired) electrons. The molecular weight excluding hydrogens is 405 g/mol. The smallest absolute Gasteiger partial charge is 0.416 e. The van der Waals surface area contributed by atoms with Gasteiger partial charge in [0.1, 0.15) is 18.1 Å². The highest BCUT2D eigenvalue weighted by molar-refractivity contribution is 5.85. The van der Waals surface area contributed by atoms with Gasteiger partial charge in [0, 0.05) is 13.1 Å². The summed E-state index contributed by atoms with van der Waals surface area (Å²) in [5.41, 5.74) is 2.72. The van der Waals surface area contributed by atoms with Crippen molar-refractivity contribution in [1.29, 1.82) is 0 Å². The molecule has 8 heteroatoms. The standard InChI is InChI=1S/C21H21F3N2O2.ClH/c1-14-20(15(2)28-26-14)13-27-19-8-6-16(7-9-19)11-25-12-17-4-3-5-18(10-17)21(22,23)24;/h3-10,25H,11-13H2,1-2H3;1H. The van der Waals surface area contributed by atoms with E-state index < -0.39 is 11.7 Å². The van der Waals surface area contributed by atoms with Crippen LogP contribution < -0.4 is 10.1 Å². The molecule has 4 nitrogen and oxygen atoms in total. The van der Waals surface area contributed by atoms with Crippen LogP contribution in [0.25, 0.3) is 0 Å². The van der Waals surface area contributed by atoms with Crippen molar-refractivity contribution in [2.75, 3.05) is 0 Å². The van der Waals surface area contributed by atoms with E-state index in [0.717, 1.165) is 34.4 Å². The fourth-order valence-corrected chi connectivity index (χ4v) is 2.78. The summed E-state index contributed by atoms with van der Waals surface area (Å²) in [4.78, 5) is 0. The maximum atomic E-state index is 12.7. The van der Waals surface area contributed by atoms with Gasteiger partial charge in [-0.15, -0.1) is 12.4 Å². The lowest BCUT2D eigenvalue weighted by molar-refractivity contribution is -0.137. The average Bonchev–Trinajstić information content (AvgIpc) is 2.98. The molecule has 0 aliphatic carbocycles. The number of hydrogen-bond donors (Lipinski definition) is 1. The zero-order valence-corrected chi connectivity index (χ0v) is 16.9. The molecule has 0 atom stereocenters. The van der Waals surface area contributed by atoms with Crippen LogP contribution in [0.2, 0.25) is 0 Å². The van der Waals surface area contributed by atoms with E-state index in [-0.39, 0.29) is 12.4 Å². The van der Waals surface area contributed by atoms with E-state index in [1.165, 1.54) is 12.1 Å². The van der Waals surface area contributed by atoms with Gasteiger partial charge in [0.05, 0.1) is 16.8 Å². The van der Waals surface area contributed by atoms with Crippen LogP contribution in [0.5, 0.6) is 5.75 Å². The van der Waals surface area contributed by atoms with E-state index in [4.69, 9.17) is 9.26 Å². The molecule has 1 aromatic heterocycles. The van der Waals surface area contributed by atoms with Gasteiger partial charge >= 0.3 is 6.18 Å².